The van der Waals surface area contributed by atoms with E-state index < -0.39 is 6.10 Å². The minimum atomic E-state index is -0.585. The Morgan fingerprint density at radius 3 is 2.94 bits per heavy atom. The van der Waals surface area contributed by atoms with Crippen LogP contribution in [0, 0.1) is 0 Å². The summed E-state index contributed by atoms with van der Waals surface area (Å²) in [5.41, 5.74) is 8.43. The highest BCUT2D eigenvalue weighted by molar-refractivity contribution is 5.77. The Bertz CT molecular complexity index is 557. The third-order valence-electron chi connectivity index (χ3n) is 3.49. The van der Waals surface area contributed by atoms with E-state index in [2.05, 4.69) is 9.55 Å². The zero-order valence-corrected chi connectivity index (χ0v) is 9.93. The number of imidazole rings is 1. The first-order valence-electron chi connectivity index (χ1n) is 6.05. The van der Waals surface area contributed by atoms with E-state index in [9.17, 15) is 5.11 Å². The molecule has 0 aliphatic heterocycles. The van der Waals surface area contributed by atoms with Gasteiger partial charge in [-0.25, -0.2) is 4.98 Å². The topological polar surface area (TPSA) is 64.1 Å². The van der Waals surface area contributed by atoms with Crippen molar-refractivity contribution in [2.24, 2.45) is 12.8 Å². The molecule has 0 amide bonds. The Kier molecular flexibility index (Phi) is 2.42. The van der Waals surface area contributed by atoms with Crippen LogP contribution in [-0.2, 0) is 7.05 Å². The maximum Gasteiger partial charge on any atom is 0.112 e. The van der Waals surface area contributed by atoms with Crippen LogP contribution in [0.2, 0.25) is 0 Å². The van der Waals surface area contributed by atoms with Gasteiger partial charge in [-0.1, -0.05) is 6.07 Å². The number of hydrogen-bond acceptors (Lipinski definition) is 3. The van der Waals surface area contributed by atoms with Gasteiger partial charge in [-0.05, 0) is 30.5 Å². The first-order chi connectivity index (χ1) is 8.20. The molecule has 1 fully saturated rings. The second-order valence-corrected chi connectivity index (χ2v) is 4.80. The maximum absolute atomic E-state index is 9.75. The summed E-state index contributed by atoms with van der Waals surface area (Å²) >= 11 is 0. The van der Waals surface area contributed by atoms with Crippen molar-refractivity contribution in [3.63, 3.8) is 0 Å². The largest absolute Gasteiger partial charge is 0.387 e. The lowest BCUT2D eigenvalue weighted by Crippen LogP contribution is -2.11. The van der Waals surface area contributed by atoms with Gasteiger partial charge in [0.25, 0.3) is 0 Å². The van der Waals surface area contributed by atoms with E-state index in [1.54, 1.807) is 0 Å². The van der Waals surface area contributed by atoms with E-state index in [1.165, 1.54) is 18.7 Å². The average molecular weight is 231 g/mol. The zero-order chi connectivity index (χ0) is 12.0. The van der Waals surface area contributed by atoms with Crippen molar-refractivity contribution in [1.29, 1.82) is 0 Å². The number of aromatic nitrogens is 2. The Hall–Kier alpha value is -1.39. The zero-order valence-electron chi connectivity index (χ0n) is 9.93. The minimum Gasteiger partial charge on any atom is -0.387 e. The van der Waals surface area contributed by atoms with Gasteiger partial charge in [-0.3, -0.25) is 0 Å². The second kappa shape index (κ2) is 3.82. The fourth-order valence-corrected chi connectivity index (χ4v) is 2.28. The summed E-state index contributed by atoms with van der Waals surface area (Å²) in [7, 11) is 2.04. The van der Waals surface area contributed by atoms with Crippen LogP contribution in [0.1, 0.15) is 36.3 Å². The number of hydrogen-bond donors (Lipinski definition) is 2. The molecule has 90 valence electrons. The number of rotatable bonds is 3. The number of nitrogens with zero attached hydrogens (tertiary/aromatic N) is 2. The summed E-state index contributed by atoms with van der Waals surface area (Å²) in [6.07, 6.45) is 1.91. The summed E-state index contributed by atoms with van der Waals surface area (Å²) in [5.74, 6) is 1.80. The molecule has 3 N–H and O–H groups in total. The van der Waals surface area contributed by atoms with E-state index in [0.717, 1.165) is 16.6 Å². The van der Waals surface area contributed by atoms with Gasteiger partial charge in [0.05, 0.1) is 17.1 Å². The highest BCUT2D eigenvalue weighted by Crippen LogP contribution is 2.40. The molecule has 1 atom stereocenters. The normalized spacial score (nSPS) is 17.6. The van der Waals surface area contributed by atoms with Crippen LogP contribution < -0.4 is 5.73 Å². The van der Waals surface area contributed by atoms with Crippen LogP contribution in [-0.4, -0.2) is 21.2 Å². The molecule has 1 aliphatic carbocycles. The average Bonchev–Trinajstić information content (AvgIpc) is 3.14. The van der Waals surface area contributed by atoms with E-state index in [-0.39, 0.29) is 6.54 Å². The fraction of sp³-hybridized carbons (Fsp3) is 0.462. The number of benzene rings is 1. The Morgan fingerprint density at radius 2 is 2.29 bits per heavy atom. The van der Waals surface area contributed by atoms with Gasteiger partial charge in [0.15, 0.2) is 0 Å². The molecular weight excluding hydrogens is 214 g/mol. The molecule has 17 heavy (non-hydrogen) atoms. The minimum absolute atomic E-state index is 0.249. The molecule has 1 aromatic heterocycles. The monoisotopic (exact) mass is 231 g/mol. The third kappa shape index (κ3) is 1.73. The molecule has 4 nitrogen and oxygen atoms in total. The summed E-state index contributed by atoms with van der Waals surface area (Å²) in [6.45, 7) is 0.249. The smallest absolute Gasteiger partial charge is 0.112 e. The Balaban J connectivity index is 2.11. The number of aliphatic hydroxyl groups excluding tert-OH is 1. The van der Waals surface area contributed by atoms with Crippen molar-refractivity contribution in [3.05, 3.63) is 29.6 Å². The van der Waals surface area contributed by atoms with Crippen LogP contribution in [0.5, 0.6) is 0 Å². The van der Waals surface area contributed by atoms with Crippen LogP contribution in [0.4, 0.5) is 0 Å². The lowest BCUT2D eigenvalue weighted by Gasteiger charge is -2.08. The lowest BCUT2D eigenvalue weighted by atomic mass is 10.1. The highest BCUT2D eigenvalue weighted by atomic mass is 16.3. The number of aliphatic hydroxyl groups is 1. The van der Waals surface area contributed by atoms with Crippen molar-refractivity contribution >= 4 is 11.0 Å². The summed E-state index contributed by atoms with van der Waals surface area (Å²) in [5, 5.41) is 9.75. The molecule has 2 aromatic rings. The van der Waals surface area contributed by atoms with Crippen molar-refractivity contribution in [2.75, 3.05) is 6.54 Å². The van der Waals surface area contributed by atoms with Gasteiger partial charge >= 0.3 is 0 Å². The van der Waals surface area contributed by atoms with Gasteiger partial charge in [0.1, 0.15) is 5.82 Å². The molecule has 1 unspecified atom stereocenters. The number of nitrogens with two attached hydrogens (primary N) is 1. The Morgan fingerprint density at radius 1 is 1.53 bits per heavy atom. The summed E-state index contributed by atoms with van der Waals surface area (Å²) in [4.78, 5) is 4.65. The summed E-state index contributed by atoms with van der Waals surface area (Å²) < 4.78 is 2.14. The molecule has 1 saturated carbocycles. The van der Waals surface area contributed by atoms with Gasteiger partial charge < -0.3 is 15.4 Å². The van der Waals surface area contributed by atoms with Crippen molar-refractivity contribution in [3.8, 4) is 0 Å². The van der Waals surface area contributed by atoms with E-state index in [4.69, 9.17) is 5.73 Å². The Labute approximate surface area is 100 Å². The molecule has 0 radical (unpaired) electrons. The molecule has 0 saturated heterocycles. The lowest BCUT2D eigenvalue weighted by molar-refractivity contribution is 0.187. The molecule has 0 bridgehead atoms. The maximum atomic E-state index is 9.75. The molecule has 1 heterocycles. The van der Waals surface area contributed by atoms with E-state index in [0.29, 0.717) is 5.92 Å². The van der Waals surface area contributed by atoms with Gasteiger partial charge in [0.2, 0.25) is 0 Å². The van der Waals surface area contributed by atoms with Gasteiger partial charge in [-0.2, -0.15) is 0 Å². The highest BCUT2D eigenvalue weighted by Gasteiger charge is 2.28. The van der Waals surface area contributed by atoms with Crippen molar-refractivity contribution in [2.45, 2.75) is 24.9 Å². The van der Waals surface area contributed by atoms with E-state index >= 15 is 0 Å². The van der Waals surface area contributed by atoms with Crippen LogP contribution in [0.25, 0.3) is 11.0 Å². The predicted octanol–water partition coefficient (Wildman–Crippen LogP) is 1.44. The van der Waals surface area contributed by atoms with Crippen molar-refractivity contribution in [1.82, 2.24) is 9.55 Å². The number of aryl methyl sites for hydroxylation is 1. The molecule has 0 spiro atoms. The van der Waals surface area contributed by atoms with Gasteiger partial charge in [-0.15, -0.1) is 0 Å². The number of fused-ring (bicyclic) bond motifs is 1. The van der Waals surface area contributed by atoms with Crippen LogP contribution >= 0.6 is 0 Å². The molecule has 1 aromatic carbocycles. The molecule has 1 aliphatic rings. The van der Waals surface area contributed by atoms with Gasteiger partial charge in [0, 0.05) is 19.5 Å². The second-order valence-electron chi connectivity index (χ2n) is 4.80. The first kappa shape index (κ1) is 10.7. The molecular formula is C13H17N3O. The third-order valence-corrected chi connectivity index (χ3v) is 3.49. The van der Waals surface area contributed by atoms with Crippen LogP contribution in [0.3, 0.4) is 0 Å². The molecule has 3 rings (SSSR count). The van der Waals surface area contributed by atoms with Crippen LogP contribution in [0.15, 0.2) is 18.2 Å². The van der Waals surface area contributed by atoms with E-state index in [1.807, 2.05) is 25.2 Å². The molecule has 4 heteroatoms. The standard InChI is InChI=1S/C13H17N3O/c1-16-11-6-9(12(17)7-14)4-5-10(11)15-13(16)8-2-3-8/h4-6,8,12,17H,2-3,7,14H2,1H3. The fourth-order valence-electron chi connectivity index (χ4n) is 2.28. The SMILES string of the molecule is Cn1c(C2CC2)nc2ccc(C(O)CN)cc21. The van der Waals surface area contributed by atoms with Crippen molar-refractivity contribution < 1.29 is 5.11 Å². The predicted molar refractivity (Wildman–Crippen MR) is 66.7 cm³/mol. The quantitative estimate of drug-likeness (QED) is 0.840. The first-order valence-corrected chi connectivity index (χ1v) is 6.05. The summed E-state index contributed by atoms with van der Waals surface area (Å²) in [6, 6.07) is 5.87.